The first kappa shape index (κ1) is 27.8. The number of carbonyl (C=O) groups excluding carboxylic acids is 3. The van der Waals surface area contributed by atoms with E-state index in [2.05, 4.69) is 16.7 Å². The lowest BCUT2D eigenvalue weighted by Crippen LogP contribution is -2.44. The summed E-state index contributed by atoms with van der Waals surface area (Å²) in [5, 5.41) is 15.8. The Kier molecular flexibility index (Phi) is 11.0. The van der Waals surface area contributed by atoms with E-state index < -0.39 is 23.7 Å². The summed E-state index contributed by atoms with van der Waals surface area (Å²) in [6.45, 7) is 3.04. The number of hydrogen-bond acceptors (Lipinski definition) is 8. The maximum absolute atomic E-state index is 12.9. The summed E-state index contributed by atoms with van der Waals surface area (Å²) in [5.41, 5.74) is 0.450. The summed E-state index contributed by atoms with van der Waals surface area (Å²) in [7, 11) is 2.72. The number of ether oxygens (including phenoxy) is 3. The van der Waals surface area contributed by atoms with Gasteiger partial charge in [-0.15, -0.1) is 0 Å². The van der Waals surface area contributed by atoms with Crippen LogP contribution in [0.15, 0.2) is 22.7 Å². The lowest BCUT2D eigenvalue weighted by Gasteiger charge is -2.31. The van der Waals surface area contributed by atoms with Gasteiger partial charge >= 0.3 is 5.97 Å². The number of amides is 2. The standard InChI is InChI=1S/C22H25Cl2N3O6S/c1-4-33-19-14(23)8-12(9-15(19)24)17-13(10-25)21(27-20(29)18(17)22(30)32-3)34-11-16(28)26-6-5-7-31-2/h8-9,17-18H,4-7,11H2,1-3H3,(H,26,28)(H,27,29)/t17-,18+/m0/s1. The average molecular weight is 530 g/mol. The number of methoxy groups -OCH3 is 2. The molecule has 184 valence electrons. The Morgan fingerprint density at radius 2 is 1.94 bits per heavy atom. The molecule has 1 aromatic carbocycles. The molecule has 1 aliphatic heterocycles. The minimum absolute atomic E-state index is 0.0474. The molecule has 0 aromatic heterocycles. The molecule has 2 amide bonds. The van der Waals surface area contributed by atoms with E-state index in [0.29, 0.717) is 31.7 Å². The number of hydrogen-bond donors (Lipinski definition) is 2. The van der Waals surface area contributed by atoms with Gasteiger partial charge in [-0.05, 0) is 31.0 Å². The largest absolute Gasteiger partial charge is 0.491 e. The predicted octanol–water partition coefficient (Wildman–Crippen LogP) is 3.02. The molecule has 0 radical (unpaired) electrons. The van der Waals surface area contributed by atoms with Crippen molar-refractivity contribution in [3.63, 3.8) is 0 Å². The predicted molar refractivity (Wildman–Crippen MR) is 129 cm³/mol. The highest BCUT2D eigenvalue weighted by molar-refractivity contribution is 8.03. The van der Waals surface area contributed by atoms with Crippen LogP contribution in [0.3, 0.4) is 0 Å². The zero-order valence-corrected chi connectivity index (χ0v) is 21.2. The Labute approximate surface area is 212 Å². The summed E-state index contributed by atoms with van der Waals surface area (Å²) in [6, 6.07) is 5.06. The molecular weight excluding hydrogens is 505 g/mol. The van der Waals surface area contributed by atoms with Crippen molar-refractivity contribution in [2.45, 2.75) is 19.3 Å². The number of halogens is 2. The summed E-state index contributed by atoms with van der Waals surface area (Å²) < 4.78 is 15.2. The maximum Gasteiger partial charge on any atom is 0.319 e. The number of thioether (sulfide) groups is 1. The third-order valence-electron chi connectivity index (χ3n) is 4.85. The Hall–Kier alpha value is -2.45. The molecule has 1 heterocycles. The second-order valence-corrected chi connectivity index (χ2v) is 8.85. The molecule has 0 fully saturated rings. The third-order valence-corrected chi connectivity index (χ3v) is 6.43. The fraction of sp³-hybridized carbons (Fsp3) is 0.455. The topological polar surface area (TPSA) is 127 Å². The van der Waals surface area contributed by atoms with Crippen LogP contribution in [0.25, 0.3) is 0 Å². The van der Waals surface area contributed by atoms with Crippen molar-refractivity contribution < 1.29 is 28.6 Å². The van der Waals surface area contributed by atoms with Crippen molar-refractivity contribution >= 4 is 52.7 Å². The highest BCUT2D eigenvalue weighted by atomic mass is 35.5. The fourth-order valence-corrected chi connectivity index (χ4v) is 4.85. The van der Waals surface area contributed by atoms with Gasteiger partial charge in [-0.25, -0.2) is 0 Å². The zero-order valence-electron chi connectivity index (χ0n) is 18.9. The molecule has 1 aromatic rings. The highest BCUT2D eigenvalue weighted by Crippen LogP contribution is 2.44. The Balaban J connectivity index is 2.42. The van der Waals surface area contributed by atoms with E-state index in [1.54, 1.807) is 14.0 Å². The minimum Gasteiger partial charge on any atom is -0.491 e. The average Bonchev–Trinajstić information content (AvgIpc) is 2.81. The summed E-state index contributed by atoms with van der Waals surface area (Å²) in [5.74, 6) is -3.93. The number of nitriles is 1. The van der Waals surface area contributed by atoms with E-state index in [4.69, 9.17) is 37.4 Å². The van der Waals surface area contributed by atoms with Crippen LogP contribution in [-0.4, -0.2) is 57.5 Å². The van der Waals surface area contributed by atoms with E-state index in [9.17, 15) is 19.6 Å². The lowest BCUT2D eigenvalue weighted by atomic mass is 9.78. The van der Waals surface area contributed by atoms with Gasteiger partial charge in [0.2, 0.25) is 11.8 Å². The molecule has 2 atom stereocenters. The first-order chi connectivity index (χ1) is 16.3. The van der Waals surface area contributed by atoms with E-state index in [-0.39, 0.29) is 38.1 Å². The minimum atomic E-state index is -1.35. The number of allylic oxidation sites excluding steroid dienone is 1. The molecule has 0 saturated carbocycles. The molecule has 0 saturated heterocycles. The van der Waals surface area contributed by atoms with Crippen molar-refractivity contribution in [2.75, 3.05) is 39.7 Å². The Morgan fingerprint density at radius 1 is 1.26 bits per heavy atom. The first-order valence-corrected chi connectivity index (χ1v) is 12.1. The van der Waals surface area contributed by atoms with E-state index in [1.165, 1.54) is 12.1 Å². The van der Waals surface area contributed by atoms with Crippen LogP contribution in [0.5, 0.6) is 5.75 Å². The number of carbonyl (C=O) groups is 3. The number of esters is 1. The number of rotatable bonds is 11. The monoisotopic (exact) mass is 529 g/mol. The van der Waals surface area contributed by atoms with Gasteiger partial charge in [-0.2, -0.15) is 5.26 Å². The van der Waals surface area contributed by atoms with Crippen LogP contribution >= 0.6 is 35.0 Å². The molecule has 0 aliphatic carbocycles. The quantitative estimate of drug-likeness (QED) is 0.254. The normalized spacial score (nSPS) is 17.6. The SMILES string of the molecule is CCOc1c(Cl)cc([C@H]2C(C#N)=C(SCC(=O)NCCCOC)NC(=O)[C@@H]2C(=O)OC)cc1Cl. The Morgan fingerprint density at radius 3 is 2.50 bits per heavy atom. The van der Waals surface area contributed by atoms with Crippen molar-refractivity contribution in [1.82, 2.24) is 10.6 Å². The Bertz CT molecular complexity index is 988. The van der Waals surface area contributed by atoms with Crippen LogP contribution in [0.4, 0.5) is 0 Å². The molecule has 12 heteroatoms. The van der Waals surface area contributed by atoms with Crippen LogP contribution < -0.4 is 15.4 Å². The van der Waals surface area contributed by atoms with Gasteiger partial charge in [0.15, 0.2) is 5.75 Å². The van der Waals surface area contributed by atoms with Gasteiger partial charge in [0.05, 0.1) is 46.2 Å². The second-order valence-electron chi connectivity index (χ2n) is 7.05. The summed E-state index contributed by atoms with van der Waals surface area (Å²) >= 11 is 13.7. The maximum atomic E-state index is 12.9. The van der Waals surface area contributed by atoms with Gasteiger partial charge < -0.3 is 24.8 Å². The van der Waals surface area contributed by atoms with Gasteiger partial charge in [-0.3, -0.25) is 14.4 Å². The molecule has 1 aliphatic rings. The van der Waals surface area contributed by atoms with Crippen molar-refractivity contribution in [3.8, 4) is 11.8 Å². The lowest BCUT2D eigenvalue weighted by molar-refractivity contribution is -0.150. The molecule has 0 unspecified atom stereocenters. The van der Waals surface area contributed by atoms with Crippen molar-refractivity contribution in [2.24, 2.45) is 5.92 Å². The van der Waals surface area contributed by atoms with Gasteiger partial charge in [-0.1, -0.05) is 35.0 Å². The van der Waals surface area contributed by atoms with Crippen LogP contribution in [0, 0.1) is 17.2 Å². The van der Waals surface area contributed by atoms with E-state index >= 15 is 0 Å². The van der Waals surface area contributed by atoms with Crippen LogP contribution in [-0.2, 0) is 23.9 Å². The number of benzene rings is 1. The summed E-state index contributed by atoms with van der Waals surface area (Å²) in [6.07, 6.45) is 0.651. The van der Waals surface area contributed by atoms with Crippen LogP contribution in [0.2, 0.25) is 10.0 Å². The number of nitrogens with one attached hydrogen (secondary N) is 2. The molecule has 0 bridgehead atoms. The second kappa shape index (κ2) is 13.4. The number of nitrogens with zero attached hydrogens (tertiary/aromatic N) is 1. The molecule has 2 N–H and O–H groups in total. The van der Waals surface area contributed by atoms with Gasteiger partial charge in [0, 0.05) is 26.2 Å². The smallest absolute Gasteiger partial charge is 0.319 e. The van der Waals surface area contributed by atoms with Crippen molar-refractivity contribution in [1.29, 1.82) is 5.26 Å². The molecule has 2 rings (SSSR count). The summed E-state index contributed by atoms with van der Waals surface area (Å²) in [4.78, 5) is 37.6. The molecule has 34 heavy (non-hydrogen) atoms. The molecule has 9 nitrogen and oxygen atoms in total. The van der Waals surface area contributed by atoms with Crippen molar-refractivity contribution in [3.05, 3.63) is 38.3 Å². The van der Waals surface area contributed by atoms with E-state index in [0.717, 1.165) is 18.9 Å². The zero-order chi connectivity index (χ0) is 25.3. The first-order valence-electron chi connectivity index (χ1n) is 10.3. The highest BCUT2D eigenvalue weighted by Gasteiger charge is 2.44. The van der Waals surface area contributed by atoms with Gasteiger partial charge in [0.25, 0.3) is 0 Å². The van der Waals surface area contributed by atoms with Gasteiger partial charge in [0.1, 0.15) is 5.92 Å². The third kappa shape index (κ3) is 6.79. The molecular formula is C22H25Cl2N3O6S. The molecule has 0 spiro atoms. The fourth-order valence-electron chi connectivity index (χ4n) is 3.35. The van der Waals surface area contributed by atoms with E-state index in [1.807, 2.05) is 0 Å². The van der Waals surface area contributed by atoms with Crippen LogP contribution in [0.1, 0.15) is 24.8 Å².